The first-order valence-corrected chi connectivity index (χ1v) is 4.67. The van der Waals surface area contributed by atoms with Crippen molar-refractivity contribution >= 4 is 0 Å². The Morgan fingerprint density at radius 1 is 1.11 bits per heavy atom. The molecule has 0 aromatic carbocycles. The molecule has 0 N–H and O–H groups in total. The van der Waals surface area contributed by atoms with Crippen molar-refractivity contribution in [2.45, 2.75) is 36.9 Å². The molecule has 18 heavy (non-hydrogen) atoms. The molecule has 0 aliphatic carbocycles. The van der Waals surface area contributed by atoms with Crippen LogP contribution in [-0.4, -0.2) is 50.1 Å². The van der Waals surface area contributed by atoms with Gasteiger partial charge in [0.2, 0.25) is 6.17 Å². The van der Waals surface area contributed by atoms with Crippen molar-refractivity contribution in [3.8, 4) is 0 Å². The molecule has 108 valence electrons. The minimum Gasteiger partial charge on any atom is -0.371 e. The Balaban J connectivity index is 2.68. The third-order valence-corrected chi connectivity index (χ3v) is 2.11. The predicted octanol–water partition coefficient (Wildman–Crippen LogP) is 2.57. The topological polar surface area (TPSA) is 21.8 Å². The van der Waals surface area contributed by atoms with Crippen molar-refractivity contribution in [1.82, 2.24) is 0 Å². The predicted molar refractivity (Wildman–Crippen MR) is 41.4 cm³/mol. The van der Waals surface area contributed by atoms with E-state index in [9.17, 15) is 35.1 Å². The van der Waals surface area contributed by atoms with E-state index in [1.807, 2.05) is 0 Å². The Labute approximate surface area is 95.8 Å². The highest BCUT2D eigenvalue weighted by Crippen LogP contribution is 2.42. The third-order valence-electron chi connectivity index (χ3n) is 2.11. The highest BCUT2D eigenvalue weighted by atomic mass is 19.3. The van der Waals surface area contributed by atoms with Crippen LogP contribution in [0.1, 0.15) is 0 Å². The summed E-state index contributed by atoms with van der Waals surface area (Å²) in [5, 5.41) is 0. The summed E-state index contributed by atoms with van der Waals surface area (Å²) < 4.78 is 107. The molecular formula is C8H8F8O2. The maximum atomic E-state index is 12.8. The van der Waals surface area contributed by atoms with Crippen molar-refractivity contribution in [3.63, 3.8) is 0 Å². The molecule has 1 rings (SSSR count). The molecule has 1 saturated heterocycles. The summed E-state index contributed by atoms with van der Waals surface area (Å²) >= 11 is 0. The summed E-state index contributed by atoms with van der Waals surface area (Å²) in [6.45, 7) is -0.968. The fourth-order valence-electron chi connectivity index (χ4n) is 0.946. The number of hydrogen-bond donors (Lipinski definition) is 0. The quantitative estimate of drug-likeness (QED) is 0.530. The maximum absolute atomic E-state index is 12.8. The van der Waals surface area contributed by atoms with Gasteiger partial charge < -0.3 is 9.47 Å². The number of hydrogen-bond acceptors (Lipinski definition) is 2. The second-order valence-corrected chi connectivity index (χ2v) is 3.59. The minimum atomic E-state index is -5.71. The number of alkyl halides is 8. The molecule has 10 heteroatoms. The van der Waals surface area contributed by atoms with E-state index in [0.29, 0.717) is 0 Å². The van der Waals surface area contributed by atoms with E-state index in [1.54, 1.807) is 0 Å². The number of ether oxygens (including phenoxy) is 2. The van der Waals surface area contributed by atoms with E-state index in [4.69, 9.17) is 0 Å². The van der Waals surface area contributed by atoms with Crippen LogP contribution in [0.5, 0.6) is 0 Å². The Morgan fingerprint density at radius 3 is 2.00 bits per heavy atom. The van der Waals surface area contributed by atoms with Crippen LogP contribution in [0.2, 0.25) is 0 Å². The summed E-state index contributed by atoms with van der Waals surface area (Å²) in [6, 6.07) is 0. The lowest BCUT2D eigenvalue weighted by Gasteiger charge is -2.29. The van der Waals surface area contributed by atoms with Gasteiger partial charge in [-0.2, -0.15) is 17.6 Å². The van der Waals surface area contributed by atoms with E-state index in [0.717, 1.165) is 0 Å². The molecule has 3 unspecified atom stereocenters. The van der Waals surface area contributed by atoms with Gasteiger partial charge in [-0.05, 0) is 0 Å². The summed E-state index contributed by atoms with van der Waals surface area (Å²) in [6.07, 6.45) is -18.8. The first kappa shape index (κ1) is 15.4. The highest BCUT2D eigenvalue weighted by molar-refractivity contribution is 4.91. The van der Waals surface area contributed by atoms with Gasteiger partial charge in [0.05, 0.1) is 13.2 Å². The summed E-state index contributed by atoms with van der Waals surface area (Å²) in [4.78, 5) is 0. The Kier molecular flexibility index (Phi) is 4.42. The van der Waals surface area contributed by atoms with Gasteiger partial charge in [0.25, 0.3) is 6.43 Å². The molecule has 1 aliphatic rings. The van der Waals surface area contributed by atoms with Crippen LogP contribution < -0.4 is 0 Å². The fraction of sp³-hybridized carbons (Fsp3) is 1.00. The molecule has 0 bridgehead atoms. The second-order valence-electron chi connectivity index (χ2n) is 3.59. The van der Waals surface area contributed by atoms with E-state index in [1.165, 1.54) is 0 Å². The van der Waals surface area contributed by atoms with Gasteiger partial charge in [-0.25, -0.2) is 17.6 Å². The van der Waals surface area contributed by atoms with Crippen molar-refractivity contribution < 1.29 is 44.6 Å². The molecule has 3 atom stereocenters. The maximum Gasteiger partial charge on any atom is 0.422 e. The van der Waals surface area contributed by atoms with Crippen molar-refractivity contribution in [1.29, 1.82) is 0 Å². The lowest BCUT2D eigenvalue weighted by molar-refractivity contribution is -0.368. The zero-order chi connectivity index (χ0) is 14.1. The van der Waals surface area contributed by atoms with E-state index in [-0.39, 0.29) is 6.61 Å². The number of epoxide rings is 1. The van der Waals surface area contributed by atoms with Crippen LogP contribution >= 0.6 is 0 Å². The minimum absolute atomic E-state index is 0.00345. The molecule has 0 radical (unpaired) electrons. The first-order valence-electron chi connectivity index (χ1n) is 4.67. The van der Waals surface area contributed by atoms with Crippen LogP contribution in [0.15, 0.2) is 0 Å². The van der Waals surface area contributed by atoms with Crippen LogP contribution in [-0.2, 0) is 9.47 Å². The van der Waals surface area contributed by atoms with Gasteiger partial charge >= 0.3 is 12.0 Å². The van der Waals surface area contributed by atoms with E-state index in [2.05, 4.69) is 9.47 Å². The molecule has 0 saturated carbocycles. The standard InChI is InChI=1S/C8H8F8O2/c9-4(6(11)12)5(10)7(13,14)8(15,16)18-2-3-1-17-3/h3-6H,1-2H2. The van der Waals surface area contributed by atoms with Crippen LogP contribution in [0.25, 0.3) is 0 Å². The molecule has 0 aromatic heterocycles. The third kappa shape index (κ3) is 3.22. The average Bonchev–Trinajstić information content (AvgIpc) is 3.07. The zero-order valence-corrected chi connectivity index (χ0v) is 8.56. The van der Waals surface area contributed by atoms with Gasteiger partial charge in [-0.1, -0.05) is 0 Å². The summed E-state index contributed by atoms with van der Waals surface area (Å²) in [5.41, 5.74) is 0. The van der Waals surface area contributed by atoms with E-state index >= 15 is 0 Å². The van der Waals surface area contributed by atoms with Gasteiger partial charge in [0.1, 0.15) is 6.10 Å². The lowest BCUT2D eigenvalue weighted by atomic mass is 10.1. The molecule has 0 amide bonds. The van der Waals surface area contributed by atoms with Crippen LogP contribution in [0, 0.1) is 0 Å². The molecule has 1 aliphatic heterocycles. The number of rotatable bonds is 7. The van der Waals surface area contributed by atoms with Crippen LogP contribution in [0.3, 0.4) is 0 Å². The summed E-state index contributed by atoms with van der Waals surface area (Å²) in [5.74, 6) is -5.71. The highest BCUT2D eigenvalue weighted by Gasteiger charge is 2.67. The molecular weight excluding hydrogens is 280 g/mol. The largest absolute Gasteiger partial charge is 0.422 e. The SMILES string of the molecule is FC(F)C(F)C(F)C(F)(F)C(F)(F)OCC1CO1. The van der Waals surface area contributed by atoms with Gasteiger partial charge in [-0.15, -0.1) is 0 Å². The second kappa shape index (κ2) is 5.16. The van der Waals surface area contributed by atoms with E-state index < -0.39 is 43.5 Å². The van der Waals surface area contributed by atoms with Crippen molar-refractivity contribution in [2.24, 2.45) is 0 Å². The Bertz CT molecular complexity index is 280. The van der Waals surface area contributed by atoms with Crippen LogP contribution in [0.4, 0.5) is 35.1 Å². The molecule has 1 fully saturated rings. The lowest BCUT2D eigenvalue weighted by Crippen LogP contribution is -2.54. The molecule has 0 spiro atoms. The summed E-state index contributed by atoms with van der Waals surface area (Å²) in [7, 11) is 0. The normalized spacial score (nSPS) is 24.2. The Morgan fingerprint density at radius 2 is 1.61 bits per heavy atom. The first-order chi connectivity index (χ1) is 8.09. The van der Waals surface area contributed by atoms with Crippen molar-refractivity contribution in [3.05, 3.63) is 0 Å². The molecule has 1 heterocycles. The van der Waals surface area contributed by atoms with Gasteiger partial charge in [0.15, 0.2) is 6.17 Å². The zero-order valence-electron chi connectivity index (χ0n) is 8.56. The van der Waals surface area contributed by atoms with Gasteiger partial charge in [-0.3, -0.25) is 0 Å². The van der Waals surface area contributed by atoms with Gasteiger partial charge in [0, 0.05) is 0 Å². The number of halogens is 8. The average molecular weight is 288 g/mol. The molecule has 2 nitrogen and oxygen atoms in total. The molecule has 0 aromatic rings. The smallest absolute Gasteiger partial charge is 0.371 e. The monoisotopic (exact) mass is 288 g/mol. The fourth-order valence-corrected chi connectivity index (χ4v) is 0.946. The Hall–Kier alpha value is -0.640. The van der Waals surface area contributed by atoms with Crippen molar-refractivity contribution in [2.75, 3.05) is 13.2 Å².